The maximum Gasteiger partial charge on any atom is 0.315 e. The van der Waals surface area contributed by atoms with Crippen molar-refractivity contribution in [2.24, 2.45) is 17.3 Å². The van der Waals surface area contributed by atoms with Crippen LogP contribution in [0.5, 0.6) is 0 Å². The van der Waals surface area contributed by atoms with Crippen molar-refractivity contribution in [3.8, 4) is 0 Å². The lowest BCUT2D eigenvalue weighted by Crippen LogP contribution is -2.64. The Kier molecular flexibility index (Phi) is 11.0. The average Bonchev–Trinajstić information content (AvgIpc) is 3.87. The van der Waals surface area contributed by atoms with Gasteiger partial charge in [0.1, 0.15) is 17.6 Å². The smallest absolute Gasteiger partial charge is 0.315 e. The van der Waals surface area contributed by atoms with E-state index in [1.54, 1.807) is 20.8 Å². The molecule has 5 amide bonds. The molecule has 0 aromatic heterocycles. The lowest BCUT2D eigenvalue weighted by atomic mass is 9.83. The second-order valence-corrected chi connectivity index (χ2v) is 19.8. The van der Waals surface area contributed by atoms with Gasteiger partial charge in [0.25, 0.3) is 5.91 Å². The fourth-order valence-electron chi connectivity index (χ4n) is 7.42. The number of urea groups is 1. The summed E-state index contributed by atoms with van der Waals surface area (Å²) >= 11 is 0. The van der Waals surface area contributed by atoms with Crippen LogP contribution in [0, 0.1) is 17.3 Å². The number of ketones is 1. The zero-order valence-corrected chi connectivity index (χ0v) is 31.1. The normalized spacial score (nSPS) is 27.8. The van der Waals surface area contributed by atoms with Crippen molar-refractivity contribution < 1.29 is 32.4 Å². The summed E-state index contributed by atoms with van der Waals surface area (Å²) in [5.41, 5.74) is -2.97. The van der Waals surface area contributed by atoms with E-state index in [4.69, 9.17) is 0 Å². The number of hydrogen-bond acceptors (Lipinski definition) is 7. The van der Waals surface area contributed by atoms with Crippen LogP contribution in [0.3, 0.4) is 0 Å². The van der Waals surface area contributed by atoms with E-state index in [9.17, 15) is 32.4 Å². The van der Waals surface area contributed by atoms with Gasteiger partial charge in [-0.3, -0.25) is 19.2 Å². The molecule has 0 radical (unpaired) electrons. The number of sulfone groups is 1. The zero-order valence-electron chi connectivity index (χ0n) is 30.3. The third-order valence-corrected chi connectivity index (χ3v) is 13.6. The van der Waals surface area contributed by atoms with Crippen LogP contribution in [0.1, 0.15) is 126 Å². The summed E-state index contributed by atoms with van der Waals surface area (Å²) in [7, 11) is -3.55. The highest BCUT2D eigenvalue weighted by Gasteiger charge is 2.63. The van der Waals surface area contributed by atoms with Crippen molar-refractivity contribution in [2.75, 3.05) is 12.3 Å². The fraction of sp³-hybridized carbons (Fsp3) is 0.857. The topological polar surface area (TPSA) is 171 Å². The summed E-state index contributed by atoms with van der Waals surface area (Å²) in [4.78, 5) is 69.7. The molecular formula is C35H59N5O7S. The van der Waals surface area contributed by atoms with Crippen LogP contribution in [0.2, 0.25) is 0 Å². The van der Waals surface area contributed by atoms with Gasteiger partial charge in [-0.2, -0.15) is 0 Å². The minimum Gasteiger partial charge on any atom is -0.347 e. The molecule has 5 atom stereocenters. The summed E-state index contributed by atoms with van der Waals surface area (Å²) in [6, 6.07) is -2.51. The van der Waals surface area contributed by atoms with E-state index in [0.29, 0.717) is 38.6 Å². The van der Waals surface area contributed by atoms with Gasteiger partial charge in [0.2, 0.25) is 17.6 Å². The van der Waals surface area contributed by atoms with Gasteiger partial charge in [-0.15, -0.1) is 0 Å². The van der Waals surface area contributed by atoms with Crippen molar-refractivity contribution in [1.29, 1.82) is 0 Å². The number of rotatable bonds is 12. The predicted molar refractivity (Wildman–Crippen MR) is 184 cm³/mol. The van der Waals surface area contributed by atoms with Crippen molar-refractivity contribution in [2.45, 2.75) is 160 Å². The number of Topliss-reactive ketones (excluding diaryl/α,β-unsaturated/α-hetero) is 1. The third kappa shape index (κ3) is 8.35. The number of amides is 5. The van der Waals surface area contributed by atoms with Crippen molar-refractivity contribution in [3.05, 3.63) is 0 Å². The van der Waals surface area contributed by atoms with Gasteiger partial charge >= 0.3 is 6.03 Å². The maximum absolute atomic E-state index is 14.3. The highest BCUT2D eigenvalue weighted by molar-refractivity contribution is 7.92. The molecule has 13 heteroatoms. The van der Waals surface area contributed by atoms with Crippen LogP contribution in [0.4, 0.5) is 4.79 Å². The van der Waals surface area contributed by atoms with E-state index >= 15 is 0 Å². The lowest BCUT2D eigenvalue weighted by molar-refractivity contribution is -0.145. The third-order valence-electron chi connectivity index (χ3n) is 10.8. The van der Waals surface area contributed by atoms with Crippen molar-refractivity contribution in [1.82, 2.24) is 26.2 Å². The molecule has 1 saturated heterocycles. The van der Waals surface area contributed by atoms with Crippen LogP contribution < -0.4 is 21.3 Å². The maximum atomic E-state index is 14.3. The molecule has 4 N–H and O–H groups in total. The number of carbonyl (C=O) groups excluding carboxylic acids is 5. The van der Waals surface area contributed by atoms with E-state index in [0.717, 1.165) is 38.5 Å². The molecule has 12 nitrogen and oxygen atoms in total. The Morgan fingerprint density at radius 1 is 0.917 bits per heavy atom. The molecule has 48 heavy (non-hydrogen) atoms. The standard InChI is InChI=1S/C35H59N5O7S/c1-9-13-23-20-35(23,27(41)29(43)36-24-14-15-24)38-28(42)25-22(2)16-19-40(25)30(44)26(32(3,4)5)37-31(45)39-34(17-11-10-12-18-34)21-48(46,47)33(6,7)8/h22-26H,9-21H2,1-8H3,(H,36,43)(H,38,42)(H2,37,39,45)/t22-,23-,25-,26+,35+/m0/s1. The summed E-state index contributed by atoms with van der Waals surface area (Å²) in [5, 5.41) is 11.6. The monoisotopic (exact) mass is 693 g/mol. The molecule has 4 aliphatic rings. The van der Waals surface area contributed by atoms with Gasteiger partial charge in [0.15, 0.2) is 9.84 Å². The molecule has 0 spiro atoms. The summed E-state index contributed by atoms with van der Waals surface area (Å²) in [5.74, 6) is -2.73. The molecular weight excluding hydrogens is 634 g/mol. The largest absolute Gasteiger partial charge is 0.347 e. The molecule has 1 heterocycles. The van der Waals surface area contributed by atoms with Crippen LogP contribution in [0.15, 0.2) is 0 Å². The van der Waals surface area contributed by atoms with Gasteiger partial charge in [0, 0.05) is 12.6 Å². The molecule has 0 unspecified atom stereocenters. The second kappa shape index (κ2) is 13.9. The molecule has 1 aliphatic heterocycles. The average molecular weight is 694 g/mol. The first-order valence-corrected chi connectivity index (χ1v) is 19.6. The van der Waals surface area contributed by atoms with Crippen molar-refractivity contribution in [3.63, 3.8) is 0 Å². The Morgan fingerprint density at radius 2 is 1.54 bits per heavy atom. The first-order valence-electron chi connectivity index (χ1n) is 18.0. The number of hydrogen-bond donors (Lipinski definition) is 4. The number of nitrogens with zero attached hydrogens (tertiary/aromatic N) is 1. The first-order chi connectivity index (χ1) is 22.2. The molecule has 4 rings (SSSR count). The van der Waals surface area contributed by atoms with Crippen LogP contribution in [-0.4, -0.2) is 89.1 Å². The molecule has 3 aliphatic carbocycles. The van der Waals surface area contributed by atoms with Crippen LogP contribution in [-0.2, 0) is 29.0 Å². The van der Waals surface area contributed by atoms with Gasteiger partial charge in [-0.25, -0.2) is 13.2 Å². The van der Waals surface area contributed by atoms with E-state index in [1.165, 1.54) is 4.90 Å². The van der Waals surface area contributed by atoms with Gasteiger partial charge in [-0.1, -0.05) is 60.3 Å². The number of likely N-dealkylation sites (tertiary alicyclic amines) is 1. The Balaban J connectivity index is 1.52. The lowest BCUT2D eigenvalue weighted by Gasteiger charge is -2.41. The fourth-order valence-corrected chi connectivity index (χ4v) is 8.94. The number of carbonyl (C=O) groups is 5. The number of nitrogens with one attached hydrogen (secondary N) is 4. The first kappa shape index (κ1) is 38.1. The van der Waals surface area contributed by atoms with E-state index < -0.39 is 72.7 Å². The van der Waals surface area contributed by atoms with E-state index in [-0.39, 0.29) is 23.6 Å². The molecule has 0 aromatic carbocycles. The minimum atomic E-state index is -3.55. The van der Waals surface area contributed by atoms with Crippen LogP contribution in [0.25, 0.3) is 0 Å². The van der Waals surface area contributed by atoms with Gasteiger partial charge in [0.05, 0.1) is 16.0 Å². The Labute approximate surface area is 287 Å². The highest BCUT2D eigenvalue weighted by atomic mass is 32.2. The van der Waals surface area contributed by atoms with Gasteiger partial charge < -0.3 is 26.2 Å². The summed E-state index contributed by atoms with van der Waals surface area (Å²) < 4.78 is 25.6. The molecule has 0 bridgehead atoms. The minimum absolute atomic E-state index is 0.00968. The zero-order chi connectivity index (χ0) is 35.9. The Bertz CT molecular complexity index is 1370. The Hall–Kier alpha value is -2.70. The summed E-state index contributed by atoms with van der Waals surface area (Å²) in [6.07, 6.45) is 7.69. The van der Waals surface area contributed by atoms with Crippen molar-refractivity contribution >= 4 is 39.4 Å². The summed E-state index contributed by atoms with van der Waals surface area (Å²) in [6.45, 7) is 14.6. The SMILES string of the molecule is CCC[C@H]1C[C@]1(NC(=O)[C@@H]1[C@@H](C)CCN1C(=O)[C@@H](NC(=O)NC1(CS(=O)(=O)C(C)(C)C)CCCCC1)C(C)(C)C)C(=O)C(=O)NC1CC1. The van der Waals surface area contributed by atoms with E-state index in [2.05, 4.69) is 21.3 Å². The molecule has 3 saturated carbocycles. The van der Waals surface area contributed by atoms with Crippen LogP contribution >= 0.6 is 0 Å². The highest BCUT2D eigenvalue weighted by Crippen LogP contribution is 2.48. The molecule has 4 fully saturated rings. The Morgan fingerprint density at radius 3 is 2.08 bits per heavy atom. The molecule has 0 aromatic rings. The van der Waals surface area contributed by atoms with Gasteiger partial charge in [-0.05, 0) is 83.0 Å². The quantitative estimate of drug-likeness (QED) is 0.227. The second-order valence-electron chi connectivity index (χ2n) is 17.1. The van der Waals surface area contributed by atoms with E-state index in [1.807, 2.05) is 34.6 Å². The predicted octanol–water partition coefficient (Wildman–Crippen LogP) is 3.38. The molecule has 272 valence electrons.